The van der Waals surface area contributed by atoms with Crippen molar-refractivity contribution >= 4 is 11.8 Å². The second kappa shape index (κ2) is 5.92. The second-order valence-corrected chi connectivity index (χ2v) is 6.94. The second-order valence-electron chi connectivity index (χ2n) is 5.43. The molecule has 0 bridgehead atoms. The number of benzene rings is 1. The lowest BCUT2D eigenvalue weighted by molar-refractivity contribution is 0.521. The van der Waals surface area contributed by atoms with Gasteiger partial charge in [-0.25, -0.2) is 0 Å². The van der Waals surface area contributed by atoms with E-state index in [2.05, 4.69) is 64.4 Å². The van der Waals surface area contributed by atoms with Crippen molar-refractivity contribution in [2.75, 3.05) is 12.8 Å². The first-order chi connectivity index (χ1) is 7.85. The molecule has 1 nitrogen and oxygen atoms in total. The molecule has 0 amide bonds. The van der Waals surface area contributed by atoms with E-state index >= 15 is 0 Å². The Labute approximate surface area is 110 Å². The van der Waals surface area contributed by atoms with Gasteiger partial charge in [-0.15, -0.1) is 0 Å². The Hall–Kier alpha value is -0.470. The molecule has 17 heavy (non-hydrogen) atoms. The highest BCUT2D eigenvalue weighted by molar-refractivity contribution is 7.99. The van der Waals surface area contributed by atoms with Gasteiger partial charge < -0.3 is 5.32 Å². The summed E-state index contributed by atoms with van der Waals surface area (Å²) in [6, 6.07) is 7.11. The first kappa shape index (κ1) is 14.6. The fourth-order valence-corrected chi connectivity index (χ4v) is 2.12. The quantitative estimate of drug-likeness (QED) is 0.845. The number of rotatable bonds is 5. The van der Waals surface area contributed by atoms with Crippen LogP contribution in [-0.4, -0.2) is 17.5 Å². The van der Waals surface area contributed by atoms with Gasteiger partial charge in [-0.2, -0.15) is 11.8 Å². The minimum absolute atomic E-state index is 0.298. The summed E-state index contributed by atoms with van der Waals surface area (Å²) in [5.41, 5.74) is 4.13. The maximum absolute atomic E-state index is 3.63. The van der Waals surface area contributed by atoms with Crippen LogP contribution < -0.4 is 5.32 Å². The molecule has 1 aromatic carbocycles. The van der Waals surface area contributed by atoms with Gasteiger partial charge in [-0.3, -0.25) is 0 Å². The van der Waals surface area contributed by atoms with E-state index < -0.39 is 0 Å². The Morgan fingerprint density at radius 2 is 1.94 bits per heavy atom. The third-order valence-electron chi connectivity index (χ3n) is 3.28. The Kier molecular flexibility index (Phi) is 5.08. The summed E-state index contributed by atoms with van der Waals surface area (Å²) in [5, 5.41) is 3.63. The SMILES string of the molecule is CSC(C)(C)CNC(C)c1ccc(C)cc1C. The maximum atomic E-state index is 3.63. The van der Waals surface area contributed by atoms with Crippen molar-refractivity contribution in [3.63, 3.8) is 0 Å². The molecule has 1 unspecified atom stereocenters. The first-order valence-corrected chi connectivity index (χ1v) is 7.44. The molecule has 0 aliphatic carbocycles. The molecule has 0 spiro atoms. The number of hydrogen-bond acceptors (Lipinski definition) is 2. The molecular weight excluding hydrogens is 226 g/mol. The van der Waals surface area contributed by atoms with Crippen LogP contribution in [0.25, 0.3) is 0 Å². The highest BCUT2D eigenvalue weighted by Gasteiger charge is 2.17. The third-order valence-corrected chi connectivity index (χ3v) is 4.53. The Bertz CT molecular complexity index is 371. The van der Waals surface area contributed by atoms with Crippen molar-refractivity contribution in [3.05, 3.63) is 34.9 Å². The van der Waals surface area contributed by atoms with E-state index in [9.17, 15) is 0 Å². The molecule has 0 aliphatic rings. The highest BCUT2D eigenvalue weighted by Crippen LogP contribution is 2.23. The van der Waals surface area contributed by atoms with E-state index in [4.69, 9.17) is 0 Å². The lowest BCUT2D eigenvalue weighted by Gasteiger charge is -2.26. The largest absolute Gasteiger partial charge is 0.309 e. The Morgan fingerprint density at radius 1 is 1.29 bits per heavy atom. The van der Waals surface area contributed by atoms with Gasteiger partial charge in [0.2, 0.25) is 0 Å². The zero-order valence-electron chi connectivity index (χ0n) is 11.9. The fourth-order valence-electron chi connectivity index (χ4n) is 1.89. The maximum Gasteiger partial charge on any atom is 0.0294 e. The molecule has 0 aliphatic heterocycles. The highest BCUT2D eigenvalue weighted by atomic mass is 32.2. The molecule has 96 valence electrons. The third kappa shape index (κ3) is 4.36. The summed E-state index contributed by atoms with van der Waals surface area (Å²) in [7, 11) is 0. The van der Waals surface area contributed by atoms with Gasteiger partial charge in [0.25, 0.3) is 0 Å². The molecule has 0 radical (unpaired) electrons. The van der Waals surface area contributed by atoms with E-state index in [0.29, 0.717) is 10.8 Å². The summed E-state index contributed by atoms with van der Waals surface area (Å²) >= 11 is 1.91. The summed E-state index contributed by atoms with van der Waals surface area (Å²) in [6.45, 7) is 12.2. The molecular formula is C15H25NS. The number of aryl methyl sites for hydroxylation is 2. The van der Waals surface area contributed by atoms with Crippen LogP contribution >= 0.6 is 11.8 Å². The van der Waals surface area contributed by atoms with E-state index in [1.54, 1.807) is 0 Å². The average molecular weight is 251 g/mol. The molecule has 0 fully saturated rings. The van der Waals surface area contributed by atoms with Crippen LogP contribution in [0.15, 0.2) is 18.2 Å². The predicted octanol–water partition coefficient (Wildman–Crippen LogP) is 4.10. The van der Waals surface area contributed by atoms with Gasteiger partial charge in [0.1, 0.15) is 0 Å². The van der Waals surface area contributed by atoms with E-state index in [-0.39, 0.29) is 0 Å². The summed E-state index contributed by atoms with van der Waals surface area (Å²) in [6.07, 6.45) is 2.17. The minimum atomic E-state index is 0.298. The fraction of sp³-hybridized carbons (Fsp3) is 0.600. The van der Waals surface area contributed by atoms with Crippen LogP contribution in [0.1, 0.15) is 43.5 Å². The predicted molar refractivity (Wildman–Crippen MR) is 79.9 cm³/mol. The molecule has 0 aromatic heterocycles. The molecule has 0 saturated carbocycles. The zero-order valence-corrected chi connectivity index (χ0v) is 12.7. The summed E-state index contributed by atoms with van der Waals surface area (Å²) in [5.74, 6) is 0. The van der Waals surface area contributed by atoms with Crippen molar-refractivity contribution in [1.82, 2.24) is 5.32 Å². The lowest BCUT2D eigenvalue weighted by Crippen LogP contribution is -2.33. The molecule has 2 heteroatoms. The number of hydrogen-bond donors (Lipinski definition) is 1. The van der Waals surface area contributed by atoms with Gasteiger partial charge in [-0.05, 0) is 52.0 Å². The van der Waals surface area contributed by atoms with Crippen LogP contribution in [0.4, 0.5) is 0 Å². The summed E-state index contributed by atoms with van der Waals surface area (Å²) < 4.78 is 0.298. The van der Waals surface area contributed by atoms with Crippen molar-refractivity contribution in [2.24, 2.45) is 0 Å². The smallest absolute Gasteiger partial charge is 0.0294 e. The van der Waals surface area contributed by atoms with Gasteiger partial charge >= 0.3 is 0 Å². The molecule has 1 N–H and O–H groups in total. The van der Waals surface area contributed by atoms with Crippen LogP contribution in [0, 0.1) is 13.8 Å². The van der Waals surface area contributed by atoms with Crippen molar-refractivity contribution in [2.45, 2.75) is 45.4 Å². The normalized spacial score (nSPS) is 13.8. The van der Waals surface area contributed by atoms with Gasteiger partial charge in [0.15, 0.2) is 0 Å². The topological polar surface area (TPSA) is 12.0 Å². The van der Waals surface area contributed by atoms with Gasteiger partial charge in [-0.1, -0.05) is 23.8 Å². The van der Waals surface area contributed by atoms with Crippen LogP contribution in [0.2, 0.25) is 0 Å². The molecule has 0 heterocycles. The standard InChI is InChI=1S/C15H25NS/c1-11-7-8-14(12(2)9-11)13(3)16-10-15(4,5)17-6/h7-9,13,16H,10H2,1-6H3. The Balaban J connectivity index is 2.67. The molecule has 1 atom stereocenters. The van der Waals surface area contributed by atoms with Crippen LogP contribution in [0.3, 0.4) is 0 Å². The lowest BCUT2D eigenvalue weighted by atomic mass is 10.00. The van der Waals surface area contributed by atoms with E-state index in [1.807, 2.05) is 11.8 Å². The number of nitrogens with one attached hydrogen (secondary N) is 1. The van der Waals surface area contributed by atoms with Crippen molar-refractivity contribution in [1.29, 1.82) is 0 Å². The minimum Gasteiger partial charge on any atom is -0.309 e. The van der Waals surface area contributed by atoms with Gasteiger partial charge in [0, 0.05) is 17.3 Å². The molecule has 1 rings (SSSR count). The van der Waals surface area contributed by atoms with Crippen LogP contribution in [-0.2, 0) is 0 Å². The zero-order chi connectivity index (χ0) is 13.1. The van der Waals surface area contributed by atoms with E-state index in [1.165, 1.54) is 16.7 Å². The van der Waals surface area contributed by atoms with Crippen LogP contribution in [0.5, 0.6) is 0 Å². The van der Waals surface area contributed by atoms with Crippen molar-refractivity contribution in [3.8, 4) is 0 Å². The van der Waals surface area contributed by atoms with Gasteiger partial charge in [0.05, 0.1) is 0 Å². The van der Waals surface area contributed by atoms with E-state index in [0.717, 1.165) is 6.54 Å². The number of thioether (sulfide) groups is 1. The first-order valence-electron chi connectivity index (χ1n) is 6.21. The van der Waals surface area contributed by atoms with Crippen molar-refractivity contribution < 1.29 is 0 Å². The molecule has 0 saturated heterocycles. The Morgan fingerprint density at radius 3 is 2.47 bits per heavy atom. The molecule has 1 aromatic rings. The summed E-state index contributed by atoms with van der Waals surface area (Å²) in [4.78, 5) is 0. The monoisotopic (exact) mass is 251 g/mol. The average Bonchev–Trinajstić information content (AvgIpc) is 2.26.